The van der Waals surface area contributed by atoms with Gasteiger partial charge in [0.2, 0.25) is 5.95 Å². The third kappa shape index (κ3) is 7.25. The van der Waals surface area contributed by atoms with Crippen LogP contribution >= 0.6 is 0 Å². The second-order valence-corrected chi connectivity index (χ2v) is 12.3. The van der Waals surface area contributed by atoms with Crippen LogP contribution in [-0.4, -0.2) is 84.6 Å². The Bertz CT molecular complexity index is 1660. The van der Waals surface area contributed by atoms with Gasteiger partial charge in [-0.15, -0.1) is 0 Å². The Balaban J connectivity index is 1.16. The average Bonchev–Trinajstić information content (AvgIpc) is 3.70. The largest absolute Gasteiger partial charge is 0.371 e. The van der Waals surface area contributed by atoms with Gasteiger partial charge in [-0.25, -0.2) is 24.4 Å². The molecular formula is C31H41N11O5. The van der Waals surface area contributed by atoms with Crippen molar-refractivity contribution in [2.45, 2.75) is 82.6 Å². The molecule has 250 valence electrons. The first-order valence-electron chi connectivity index (χ1n) is 16.0. The van der Waals surface area contributed by atoms with Gasteiger partial charge in [-0.2, -0.15) is 10.2 Å². The van der Waals surface area contributed by atoms with Gasteiger partial charge in [0, 0.05) is 55.7 Å². The van der Waals surface area contributed by atoms with Crippen LogP contribution in [0.3, 0.4) is 0 Å². The molecule has 1 unspecified atom stereocenters. The number of rotatable bonds is 11. The quantitative estimate of drug-likeness (QED) is 0.129. The molecular weight excluding hydrogens is 606 g/mol. The zero-order valence-corrected chi connectivity index (χ0v) is 26.4. The molecule has 2 fully saturated rings. The number of carbonyl (C=O) groups is 1. The van der Waals surface area contributed by atoms with E-state index in [1.165, 1.54) is 4.68 Å². The van der Waals surface area contributed by atoms with Crippen molar-refractivity contribution in [2.24, 2.45) is 13.0 Å². The summed E-state index contributed by atoms with van der Waals surface area (Å²) in [5.41, 5.74) is 1.44. The van der Waals surface area contributed by atoms with E-state index in [1.54, 1.807) is 40.4 Å². The first kappa shape index (κ1) is 32.4. The smallest absolute Gasteiger partial charge is 0.323 e. The minimum Gasteiger partial charge on any atom is -0.371 e. The topological polar surface area (TPSA) is 212 Å². The Morgan fingerprint density at radius 3 is 2.45 bits per heavy atom. The molecule has 16 nitrogen and oxygen atoms in total. The molecule has 2 aliphatic rings. The molecule has 4 aromatic rings. The molecule has 0 spiro atoms. The van der Waals surface area contributed by atoms with E-state index in [2.05, 4.69) is 40.8 Å². The Morgan fingerprint density at radius 2 is 1.83 bits per heavy atom. The van der Waals surface area contributed by atoms with Crippen molar-refractivity contribution < 1.29 is 25.2 Å². The van der Waals surface area contributed by atoms with Crippen molar-refractivity contribution in [1.29, 1.82) is 0 Å². The van der Waals surface area contributed by atoms with Crippen molar-refractivity contribution in [3.05, 3.63) is 48.8 Å². The van der Waals surface area contributed by atoms with Gasteiger partial charge in [-0.1, -0.05) is 13.3 Å². The molecule has 0 saturated heterocycles. The number of aromatic nitrogens is 8. The molecule has 0 bridgehead atoms. The molecule has 2 amide bonds. The number of hydrogen-bond donors (Lipinski definition) is 6. The van der Waals surface area contributed by atoms with Crippen LogP contribution in [0.1, 0.15) is 70.1 Å². The van der Waals surface area contributed by atoms with E-state index in [9.17, 15) is 25.2 Å². The summed E-state index contributed by atoms with van der Waals surface area (Å²) in [6.45, 7) is 2.54. The van der Waals surface area contributed by atoms with Crippen molar-refractivity contribution >= 4 is 17.8 Å². The highest BCUT2D eigenvalue weighted by molar-refractivity contribution is 5.91. The molecule has 2 saturated carbocycles. The van der Waals surface area contributed by atoms with Crippen LogP contribution in [0.15, 0.2) is 43.2 Å². The zero-order valence-electron chi connectivity index (χ0n) is 26.4. The predicted molar refractivity (Wildman–Crippen MR) is 170 cm³/mol. The van der Waals surface area contributed by atoms with Crippen LogP contribution in [-0.2, 0) is 13.0 Å². The number of nitrogens with zero attached hydrogens (tertiary/aromatic N) is 9. The number of urea groups is 1. The maximum Gasteiger partial charge on any atom is 0.323 e. The van der Waals surface area contributed by atoms with Crippen molar-refractivity contribution in [3.8, 4) is 22.6 Å². The summed E-state index contributed by atoms with van der Waals surface area (Å²) < 4.78 is 3.11. The van der Waals surface area contributed by atoms with Gasteiger partial charge >= 0.3 is 12.0 Å². The lowest BCUT2D eigenvalue weighted by Crippen LogP contribution is -2.49. The van der Waals surface area contributed by atoms with Crippen molar-refractivity contribution in [3.63, 3.8) is 0 Å². The first-order valence-corrected chi connectivity index (χ1v) is 16.0. The summed E-state index contributed by atoms with van der Waals surface area (Å²) >= 11 is 0. The molecule has 4 aromatic heterocycles. The highest BCUT2D eigenvalue weighted by Crippen LogP contribution is 2.36. The zero-order chi connectivity index (χ0) is 33.1. The number of amides is 2. The standard InChI is InChI=1S/C31H41N11O5/c1-3-12-32-30(44)42(26-17-33-25(16-34-26)20-14-36-40(2)18-20)22-9-7-21(8-10-22)37-29-35-15-23(31(45,46)47)27(38-29)24-11-13-41(39-24)28(43)19-5-4-6-19/h11,13-19,21-22,28,43,45-47H,3-10,12H2,1-2H3,(H,32,44)(H,35,37,38). The fraction of sp³-hybridized carbons (Fsp3) is 0.516. The van der Waals surface area contributed by atoms with Gasteiger partial charge in [-0.05, 0) is 51.0 Å². The maximum atomic E-state index is 13.3. The third-order valence-electron chi connectivity index (χ3n) is 8.87. The summed E-state index contributed by atoms with van der Waals surface area (Å²) in [5, 5.41) is 55.6. The number of hydrogen-bond acceptors (Lipinski definition) is 12. The maximum absolute atomic E-state index is 13.3. The van der Waals surface area contributed by atoms with E-state index in [0.717, 1.165) is 37.4 Å². The lowest BCUT2D eigenvalue weighted by atomic mass is 9.84. The van der Waals surface area contributed by atoms with Crippen LogP contribution in [0.5, 0.6) is 0 Å². The normalized spacial score (nSPS) is 19.2. The fourth-order valence-corrected chi connectivity index (χ4v) is 6.04. The monoisotopic (exact) mass is 647 g/mol. The van der Waals surface area contributed by atoms with Gasteiger partial charge in [0.15, 0.2) is 5.82 Å². The van der Waals surface area contributed by atoms with Crippen LogP contribution in [0.2, 0.25) is 0 Å². The summed E-state index contributed by atoms with van der Waals surface area (Å²) in [6, 6.07) is 1.22. The highest BCUT2D eigenvalue weighted by atomic mass is 16.7. The fourth-order valence-electron chi connectivity index (χ4n) is 6.04. The van der Waals surface area contributed by atoms with E-state index < -0.39 is 12.2 Å². The van der Waals surface area contributed by atoms with E-state index in [1.807, 2.05) is 20.2 Å². The Hall–Kier alpha value is -4.51. The minimum atomic E-state index is -3.19. The van der Waals surface area contributed by atoms with E-state index >= 15 is 0 Å². The Morgan fingerprint density at radius 1 is 1.04 bits per heavy atom. The molecule has 6 N–H and O–H groups in total. The van der Waals surface area contributed by atoms with Crippen molar-refractivity contribution in [2.75, 3.05) is 16.8 Å². The van der Waals surface area contributed by atoms with Crippen LogP contribution < -0.4 is 15.5 Å². The minimum absolute atomic E-state index is 0.0234. The first-order chi connectivity index (χ1) is 22.6. The predicted octanol–water partition coefficient (Wildman–Crippen LogP) is 2.26. The molecule has 0 aromatic carbocycles. The van der Waals surface area contributed by atoms with Crippen molar-refractivity contribution in [1.82, 2.24) is 44.8 Å². The second-order valence-electron chi connectivity index (χ2n) is 12.3. The highest BCUT2D eigenvalue weighted by Gasteiger charge is 2.33. The molecule has 1 atom stereocenters. The number of anilines is 2. The van der Waals surface area contributed by atoms with Gasteiger partial charge in [0.05, 0.1) is 29.8 Å². The van der Waals surface area contributed by atoms with Gasteiger partial charge in [-0.3, -0.25) is 14.6 Å². The lowest BCUT2D eigenvalue weighted by Gasteiger charge is -2.36. The SMILES string of the molecule is CCCNC(=O)N(c1cnc(-c2cnn(C)c2)cn1)C1CCC(Nc2ncc(C(O)(O)O)c(-c3ccn(C(O)C4CCC4)n3)n2)CC1. The molecule has 2 aliphatic carbocycles. The van der Waals surface area contributed by atoms with Crippen LogP contribution in [0.25, 0.3) is 22.6 Å². The summed E-state index contributed by atoms with van der Waals surface area (Å²) in [6.07, 6.45) is 15.2. The number of aliphatic hydroxyl groups excluding tert-OH is 1. The summed E-state index contributed by atoms with van der Waals surface area (Å²) in [5.74, 6) is -2.39. The Labute approximate surface area is 271 Å². The van der Waals surface area contributed by atoms with Gasteiger partial charge < -0.3 is 31.1 Å². The van der Waals surface area contributed by atoms with Crippen LogP contribution in [0.4, 0.5) is 16.6 Å². The van der Waals surface area contributed by atoms with Crippen LogP contribution in [0, 0.1) is 5.92 Å². The van der Waals surface area contributed by atoms with E-state index in [4.69, 9.17) is 0 Å². The number of carbonyl (C=O) groups excluding carboxylic acids is 1. The molecule has 4 heterocycles. The average molecular weight is 648 g/mol. The van der Waals surface area contributed by atoms with E-state index in [0.29, 0.717) is 43.7 Å². The number of aryl methyl sites for hydroxylation is 1. The Kier molecular flexibility index (Phi) is 9.45. The summed E-state index contributed by atoms with van der Waals surface area (Å²) in [4.78, 5) is 32.9. The van der Waals surface area contributed by atoms with Gasteiger partial charge in [0.1, 0.15) is 17.6 Å². The molecule has 16 heteroatoms. The summed E-state index contributed by atoms with van der Waals surface area (Å²) in [7, 11) is 1.83. The molecule has 0 aliphatic heterocycles. The number of nitrogens with one attached hydrogen (secondary N) is 2. The molecule has 47 heavy (non-hydrogen) atoms. The number of aliphatic hydroxyl groups is 4. The molecule has 6 rings (SSSR count). The van der Waals surface area contributed by atoms with E-state index in [-0.39, 0.29) is 46.9 Å². The lowest BCUT2D eigenvalue weighted by molar-refractivity contribution is -0.323. The third-order valence-corrected chi connectivity index (χ3v) is 8.87. The molecule has 0 radical (unpaired) electrons. The van der Waals surface area contributed by atoms with Gasteiger partial charge in [0.25, 0.3) is 0 Å². The second kappa shape index (κ2) is 13.7.